The first-order chi connectivity index (χ1) is 31.3. The lowest BCUT2D eigenvalue weighted by atomic mass is 9.87. The molecule has 0 bridgehead atoms. The summed E-state index contributed by atoms with van der Waals surface area (Å²) in [5.74, 6) is -2.84. The molecule has 0 aliphatic carbocycles. The van der Waals surface area contributed by atoms with Gasteiger partial charge in [0.1, 0.15) is 0 Å². The largest absolute Gasteiger partial charge is 0.394 e. The van der Waals surface area contributed by atoms with Crippen molar-refractivity contribution in [3.63, 3.8) is 0 Å². The van der Waals surface area contributed by atoms with E-state index in [4.69, 9.17) is 0 Å². The zero-order valence-corrected chi connectivity index (χ0v) is 40.0. The third-order valence-electron chi connectivity index (χ3n) is 11.7. The molecule has 0 saturated heterocycles. The Hall–Kier alpha value is -5.14. The summed E-state index contributed by atoms with van der Waals surface area (Å²) in [6, 6.07) is 0. The molecule has 2 aromatic rings. The van der Waals surface area contributed by atoms with Crippen molar-refractivity contribution in [1.29, 1.82) is 0 Å². The first-order valence-electron chi connectivity index (χ1n) is 21.6. The molecule has 67 heavy (non-hydrogen) atoms. The van der Waals surface area contributed by atoms with Crippen LogP contribution in [0, 0.1) is 34.6 Å². The molecule has 22 heteroatoms. The fourth-order valence-electron chi connectivity index (χ4n) is 8.33. The minimum Gasteiger partial charge on any atom is -0.394 e. The van der Waals surface area contributed by atoms with Crippen molar-refractivity contribution in [3.05, 3.63) is 55.6 Å². The Labute approximate surface area is 390 Å². The van der Waals surface area contributed by atoms with Gasteiger partial charge in [0, 0.05) is 76.6 Å². The highest BCUT2D eigenvalue weighted by Gasteiger charge is 2.35. The molecule has 0 radical (unpaired) electrons. The number of benzene rings is 2. The van der Waals surface area contributed by atoms with Gasteiger partial charge in [0.15, 0.2) is 0 Å². The van der Waals surface area contributed by atoms with E-state index in [0.29, 0.717) is 12.8 Å². The van der Waals surface area contributed by atoms with Gasteiger partial charge in [-0.05, 0) is 74.4 Å². The molecule has 6 unspecified atom stereocenters. The first kappa shape index (κ1) is 58.0. The van der Waals surface area contributed by atoms with Crippen molar-refractivity contribution < 1.29 is 79.8 Å². The van der Waals surface area contributed by atoms with Gasteiger partial charge in [-0.15, -0.1) is 0 Å². The number of hydrogen-bond donors (Lipinski definition) is 10. The maximum Gasteiger partial charge on any atom is 0.254 e. The Kier molecular flexibility index (Phi) is 22.4. The summed E-state index contributed by atoms with van der Waals surface area (Å²) in [5, 5.41) is 102. The fraction of sp³-hybridized carbons (Fsp3) is 0.600. The molecule has 6 amide bonds. The molecule has 2 rings (SSSR count). The van der Waals surface area contributed by atoms with Gasteiger partial charge in [-0.2, -0.15) is 0 Å². The Balaban J connectivity index is 2.85. The smallest absolute Gasteiger partial charge is 0.254 e. The highest BCUT2D eigenvalue weighted by molar-refractivity contribution is 6.08. The Bertz CT molecular complexity index is 2030. The first-order valence-corrected chi connectivity index (χ1v) is 21.6. The summed E-state index contributed by atoms with van der Waals surface area (Å²) in [6.45, 7) is 3.78. The van der Waals surface area contributed by atoms with Crippen LogP contribution in [0.2, 0.25) is 0 Å². The predicted octanol–water partition coefficient (Wildman–Crippen LogP) is -3.16. The van der Waals surface area contributed by atoms with Gasteiger partial charge >= 0.3 is 0 Å². The Morgan fingerprint density at radius 1 is 0.433 bits per heavy atom. The summed E-state index contributed by atoms with van der Waals surface area (Å²) in [7, 11) is 5.40. The molecule has 376 valence electrons. The summed E-state index contributed by atoms with van der Waals surface area (Å²) >= 11 is 0. The van der Waals surface area contributed by atoms with E-state index < -0.39 is 99.8 Å². The molecule has 6 atom stereocenters. The molecule has 0 aliphatic rings. The fourth-order valence-corrected chi connectivity index (χ4v) is 8.33. The minimum absolute atomic E-state index is 0.00270. The summed E-state index contributed by atoms with van der Waals surface area (Å²) in [6.07, 6.45) is -8.36. The van der Waals surface area contributed by atoms with E-state index in [2.05, 4.69) is 0 Å². The SMILES string of the molecule is CCc1c(C(=O)N(C)CC(O)CO)c(C)c(C(=O)N(C)CC(O)CO)c(C)c1N(C=O)CC(O)C(O)CN(C=O)c1c(C)c(C(=O)N(C)CC(O)CO)c(C)c(C(=O)N(C)CC(O)CO)c1C. The molecule has 0 aromatic heterocycles. The average Bonchev–Trinajstić information content (AvgIpc) is 3.29. The van der Waals surface area contributed by atoms with Crippen LogP contribution in [0.4, 0.5) is 11.4 Å². The van der Waals surface area contributed by atoms with Crippen LogP contribution in [0.15, 0.2) is 0 Å². The molecule has 22 nitrogen and oxygen atoms in total. The van der Waals surface area contributed by atoms with Gasteiger partial charge in [0.25, 0.3) is 23.6 Å². The van der Waals surface area contributed by atoms with E-state index in [1.54, 1.807) is 6.92 Å². The number of anilines is 2. The number of aliphatic hydroxyl groups excluding tert-OH is 10. The maximum absolute atomic E-state index is 14.2. The zero-order valence-electron chi connectivity index (χ0n) is 40.0. The standard InChI is InChI=1S/C45H70N6O16/c1-11-33-39(45(67)49(10)15-32(61)21-55)25(3)38(44(66)48(9)14-31(60)20-54)28(6)41(33)51(23-57)17-35(63)34(62)16-50(22-56)40-26(4)36(42(64)46(7)12-29(58)18-52)24(2)37(27(40)5)43(65)47(8)13-30(59)19-53/h22-23,29-32,34-35,52-55,58-63H,11-21H2,1-10H3. The predicted molar refractivity (Wildman–Crippen MR) is 245 cm³/mol. The van der Waals surface area contributed by atoms with Crippen molar-refractivity contribution in [3.8, 4) is 0 Å². The van der Waals surface area contributed by atoms with E-state index in [0.717, 1.165) is 29.4 Å². The van der Waals surface area contributed by atoms with Crippen LogP contribution in [0.5, 0.6) is 0 Å². The normalized spacial score (nSPS) is 14.0. The van der Waals surface area contributed by atoms with Crippen LogP contribution >= 0.6 is 0 Å². The summed E-state index contributed by atoms with van der Waals surface area (Å²) in [4.78, 5) is 88.8. The molecule has 2 aromatic carbocycles. The molecular weight excluding hydrogens is 881 g/mol. The number of nitrogens with zero attached hydrogens (tertiary/aromatic N) is 6. The van der Waals surface area contributed by atoms with Crippen molar-refractivity contribution in [2.45, 2.75) is 84.6 Å². The van der Waals surface area contributed by atoms with E-state index in [1.165, 1.54) is 62.8 Å². The third-order valence-corrected chi connectivity index (χ3v) is 11.7. The number of amides is 6. The summed E-state index contributed by atoms with van der Waals surface area (Å²) < 4.78 is 0. The number of carbonyl (C=O) groups is 6. The number of rotatable bonds is 26. The van der Waals surface area contributed by atoms with E-state index >= 15 is 0 Å². The van der Waals surface area contributed by atoms with Crippen LogP contribution in [0.1, 0.15) is 81.7 Å². The topological polar surface area (TPSA) is 324 Å². The van der Waals surface area contributed by atoms with Crippen LogP contribution in [0.25, 0.3) is 0 Å². The highest BCUT2D eigenvalue weighted by atomic mass is 16.3. The Morgan fingerprint density at radius 3 is 0.955 bits per heavy atom. The van der Waals surface area contributed by atoms with Crippen LogP contribution < -0.4 is 9.80 Å². The van der Waals surface area contributed by atoms with Crippen molar-refractivity contribution in [2.24, 2.45) is 0 Å². The van der Waals surface area contributed by atoms with Gasteiger partial charge in [0.2, 0.25) is 12.8 Å². The van der Waals surface area contributed by atoms with Gasteiger partial charge in [-0.3, -0.25) is 28.8 Å². The van der Waals surface area contributed by atoms with E-state index in [1.807, 2.05) is 0 Å². The number of carbonyl (C=O) groups excluding carboxylic acids is 6. The monoisotopic (exact) mass is 950 g/mol. The van der Waals surface area contributed by atoms with Gasteiger partial charge in [0.05, 0.1) is 87.5 Å². The molecular formula is C45H70N6O16. The van der Waals surface area contributed by atoms with E-state index in [-0.39, 0.29) is 99.6 Å². The number of aliphatic hydroxyl groups is 10. The summed E-state index contributed by atoms with van der Waals surface area (Å²) in [5.41, 5.74) is 0.721. The van der Waals surface area contributed by atoms with Gasteiger partial charge in [-0.25, -0.2) is 0 Å². The number of hydrogen-bond acceptors (Lipinski definition) is 16. The molecule has 0 aliphatic heterocycles. The second-order valence-corrected chi connectivity index (χ2v) is 16.9. The maximum atomic E-state index is 14.2. The molecule has 0 spiro atoms. The zero-order chi connectivity index (χ0) is 51.4. The van der Waals surface area contributed by atoms with E-state index in [9.17, 15) is 79.8 Å². The van der Waals surface area contributed by atoms with Gasteiger partial charge in [-0.1, -0.05) is 6.92 Å². The minimum atomic E-state index is -1.87. The second-order valence-electron chi connectivity index (χ2n) is 16.9. The number of likely N-dealkylation sites (N-methyl/N-ethyl adjacent to an activating group) is 4. The van der Waals surface area contributed by atoms with Crippen molar-refractivity contribution >= 4 is 47.8 Å². The lowest BCUT2D eigenvalue weighted by Gasteiger charge is -2.34. The molecule has 10 N–H and O–H groups in total. The van der Waals surface area contributed by atoms with Crippen LogP contribution in [-0.4, -0.2) is 238 Å². The average molecular weight is 951 g/mol. The van der Waals surface area contributed by atoms with Crippen LogP contribution in [-0.2, 0) is 16.0 Å². The third kappa shape index (κ3) is 13.5. The Morgan fingerprint density at radius 2 is 0.687 bits per heavy atom. The molecule has 0 heterocycles. The lowest BCUT2D eigenvalue weighted by Crippen LogP contribution is -2.46. The second kappa shape index (κ2) is 25.8. The van der Waals surface area contributed by atoms with Gasteiger partial charge < -0.3 is 80.5 Å². The molecule has 0 fully saturated rings. The van der Waals surface area contributed by atoms with Crippen molar-refractivity contribution in [1.82, 2.24) is 19.6 Å². The van der Waals surface area contributed by atoms with Crippen molar-refractivity contribution in [2.75, 3.05) is 104 Å². The van der Waals surface area contributed by atoms with Crippen LogP contribution in [0.3, 0.4) is 0 Å². The lowest BCUT2D eigenvalue weighted by molar-refractivity contribution is -0.109. The quantitative estimate of drug-likeness (QED) is 0.0416. The highest BCUT2D eigenvalue weighted by Crippen LogP contribution is 2.38. The molecule has 0 saturated carbocycles.